The van der Waals surface area contributed by atoms with Crippen molar-refractivity contribution in [2.24, 2.45) is 5.92 Å². The van der Waals surface area contributed by atoms with E-state index in [0.29, 0.717) is 6.42 Å². The van der Waals surface area contributed by atoms with Crippen LogP contribution < -0.4 is 0 Å². The lowest BCUT2D eigenvalue weighted by molar-refractivity contribution is 0.0318. The Kier molecular flexibility index (Phi) is 7.64. The lowest BCUT2D eigenvalue weighted by atomic mass is 9.87. The lowest BCUT2D eigenvalue weighted by Gasteiger charge is -2.25. The van der Waals surface area contributed by atoms with Crippen LogP contribution in [-0.4, -0.2) is 21.4 Å². The first-order valence-electron chi connectivity index (χ1n) is 9.07. The van der Waals surface area contributed by atoms with Crippen LogP contribution in [0.4, 0.5) is 0 Å². The summed E-state index contributed by atoms with van der Waals surface area (Å²) < 4.78 is 0. The van der Waals surface area contributed by atoms with Gasteiger partial charge in [0.05, 0.1) is 12.2 Å². The highest BCUT2D eigenvalue weighted by Gasteiger charge is 2.25. The first kappa shape index (κ1) is 20.0. The van der Waals surface area contributed by atoms with Gasteiger partial charge in [-0.15, -0.1) is 6.58 Å². The second kappa shape index (κ2) is 9.95. The van der Waals surface area contributed by atoms with Gasteiger partial charge in [0.15, 0.2) is 0 Å². The van der Waals surface area contributed by atoms with Crippen molar-refractivity contribution in [3.05, 3.63) is 84.0 Å². The monoisotopic (exact) mass is 352 g/mol. The van der Waals surface area contributed by atoms with E-state index in [1.807, 2.05) is 42.5 Å². The van der Waals surface area contributed by atoms with Crippen molar-refractivity contribution < 1.29 is 15.3 Å². The Balaban J connectivity index is 2.01. The van der Waals surface area contributed by atoms with Crippen molar-refractivity contribution in [1.82, 2.24) is 0 Å². The first-order chi connectivity index (χ1) is 12.5. The summed E-state index contributed by atoms with van der Waals surface area (Å²) in [5, 5.41) is 30.5. The molecule has 3 atom stereocenters. The van der Waals surface area contributed by atoms with Crippen molar-refractivity contribution in [2.45, 2.75) is 38.4 Å². The molecule has 2 rings (SSSR count). The van der Waals surface area contributed by atoms with E-state index in [1.54, 1.807) is 18.2 Å². The van der Waals surface area contributed by atoms with Gasteiger partial charge < -0.3 is 15.3 Å². The van der Waals surface area contributed by atoms with E-state index in [0.717, 1.165) is 24.0 Å². The second-order valence-electron chi connectivity index (χ2n) is 6.52. The fourth-order valence-corrected chi connectivity index (χ4v) is 3.05. The number of phenolic OH excluding ortho intramolecular Hbond substituents is 1. The van der Waals surface area contributed by atoms with E-state index >= 15 is 0 Å². The molecule has 2 aromatic rings. The van der Waals surface area contributed by atoms with E-state index < -0.39 is 18.1 Å². The van der Waals surface area contributed by atoms with E-state index in [1.165, 1.54) is 5.57 Å². The summed E-state index contributed by atoms with van der Waals surface area (Å²) in [6.07, 6.45) is 4.46. The maximum Gasteiger partial charge on any atom is 0.115 e. The third-order valence-electron chi connectivity index (χ3n) is 4.70. The van der Waals surface area contributed by atoms with Gasteiger partial charge >= 0.3 is 0 Å². The minimum atomic E-state index is -0.769. The second-order valence-corrected chi connectivity index (χ2v) is 6.52. The van der Waals surface area contributed by atoms with Crippen LogP contribution in [0.5, 0.6) is 5.75 Å². The van der Waals surface area contributed by atoms with Gasteiger partial charge in [0, 0.05) is 5.92 Å². The predicted octanol–water partition coefficient (Wildman–Crippen LogP) is 4.86. The molecule has 0 saturated carbocycles. The third-order valence-corrected chi connectivity index (χ3v) is 4.70. The number of benzene rings is 2. The average molecular weight is 352 g/mol. The van der Waals surface area contributed by atoms with Crippen molar-refractivity contribution in [1.29, 1.82) is 0 Å². The molecule has 138 valence electrons. The Morgan fingerprint density at radius 2 is 1.69 bits per heavy atom. The molecule has 2 aromatic carbocycles. The van der Waals surface area contributed by atoms with Crippen molar-refractivity contribution >= 4 is 6.08 Å². The van der Waals surface area contributed by atoms with Gasteiger partial charge in [0.2, 0.25) is 0 Å². The molecular formula is C23H28O3. The SMILES string of the molecule is C=C[C@H]([C@H](O)CC/C(=C/c1ccc(O)cc1)CC)[C@H](O)c1ccccc1. The number of phenols is 1. The molecule has 3 N–H and O–H groups in total. The largest absolute Gasteiger partial charge is 0.508 e. The van der Waals surface area contributed by atoms with Crippen molar-refractivity contribution in [2.75, 3.05) is 0 Å². The van der Waals surface area contributed by atoms with Gasteiger partial charge in [0.1, 0.15) is 5.75 Å². The van der Waals surface area contributed by atoms with E-state index in [9.17, 15) is 15.3 Å². The van der Waals surface area contributed by atoms with E-state index in [-0.39, 0.29) is 5.75 Å². The fraction of sp³-hybridized carbons (Fsp3) is 0.304. The normalized spacial score (nSPS) is 15.3. The first-order valence-corrected chi connectivity index (χ1v) is 9.07. The molecule has 0 saturated heterocycles. The standard InChI is InChI=1S/C23H28O3/c1-3-17(16-18-10-13-20(24)14-11-18)12-15-22(25)21(4-2)23(26)19-8-6-5-7-9-19/h4-11,13-14,16,21-26H,2-3,12,15H2,1H3/b17-16+/t21-,22-,23-/m1/s1. The maximum atomic E-state index is 10.6. The molecule has 0 aromatic heterocycles. The van der Waals surface area contributed by atoms with Crippen molar-refractivity contribution in [3.63, 3.8) is 0 Å². The molecule has 0 aliphatic carbocycles. The topological polar surface area (TPSA) is 60.7 Å². The number of hydrogen-bond acceptors (Lipinski definition) is 3. The number of aromatic hydroxyl groups is 1. The molecule has 3 heteroatoms. The summed E-state index contributed by atoms with van der Waals surface area (Å²) in [7, 11) is 0. The van der Waals surface area contributed by atoms with Crippen LogP contribution in [-0.2, 0) is 0 Å². The number of allylic oxidation sites excluding steroid dienone is 1. The van der Waals surface area contributed by atoms with Crippen LogP contribution in [0.1, 0.15) is 43.4 Å². The van der Waals surface area contributed by atoms with Crippen LogP contribution >= 0.6 is 0 Å². The summed E-state index contributed by atoms with van der Waals surface area (Å²) in [4.78, 5) is 0. The van der Waals surface area contributed by atoms with Gasteiger partial charge in [0.25, 0.3) is 0 Å². The Hall–Kier alpha value is -2.36. The molecule has 3 nitrogen and oxygen atoms in total. The Bertz CT molecular complexity index is 704. The molecule has 0 spiro atoms. The number of hydrogen-bond donors (Lipinski definition) is 3. The Morgan fingerprint density at radius 1 is 1.04 bits per heavy atom. The molecule has 0 aliphatic rings. The van der Waals surface area contributed by atoms with Crippen molar-refractivity contribution in [3.8, 4) is 5.75 Å². The smallest absolute Gasteiger partial charge is 0.115 e. The van der Waals surface area contributed by atoms with Gasteiger partial charge in [-0.25, -0.2) is 0 Å². The van der Waals surface area contributed by atoms with Gasteiger partial charge in [-0.1, -0.05) is 67.1 Å². The van der Waals surface area contributed by atoms with Crippen LogP contribution in [0.15, 0.2) is 72.8 Å². The minimum absolute atomic E-state index is 0.249. The Labute approximate surface area is 156 Å². The van der Waals surface area contributed by atoms with Gasteiger partial charge in [-0.2, -0.15) is 0 Å². The highest BCUT2D eigenvalue weighted by atomic mass is 16.3. The van der Waals surface area contributed by atoms with Gasteiger partial charge in [-0.3, -0.25) is 0 Å². The molecule has 0 radical (unpaired) electrons. The maximum absolute atomic E-state index is 10.6. The molecule has 0 heterocycles. The molecule has 0 aliphatic heterocycles. The zero-order valence-corrected chi connectivity index (χ0v) is 15.3. The molecule has 0 bridgehead atoms. The quantitative estimate of drug-likeness (QED) is 0.565. The summed E-state index contributed by atoms with van der Waals surface area (Å²) in [6.45, 7) is 5.88. The predicted molar refractivity (Wildman–Crippen MR) is 107 cm³/mol. The summed E-state index contributed by atoms with van der Waals surface area (Å²) >= 11 is 0. The lowest BCUT2D eigenvalue weighted by Crippen LogP contribution is -2.25. The fourth-order valence-electron chi connectivity index (χ4n) is 3.05. The summed E-state index contributed by atoms with van der Waals surface area (Å²) in [5.74, 6) is -0.163. The summed E-state index contributed by atoms with van der Waals surface area (Å²) in [5.41, 5.74) is 3.03. The molecular weight excluding hydrogens is 324 g/mol. The van der Waals surface area contributed by atoms with Crippen LogP contribution in [0.25, 0.3) is 6.08 Å². The van der Waals surface area contributed by atoms with E-state index in [4.69, 9.17) is 0 Å². The molecule has 26 heavy (non-hydrogen) atoms. The number of aliphatic hydroxyl groups excluding tert-OH is 2. The van der Waals surface area contributed by atoms with E-state index in [2.05, 4.69) is 19.6 Å². The molecule has 0 unspecified atom stereocenters. The van der Waals surface area contributed by atoms with Gasteiger partial charge in [-0.05, 0) is 42.5 Å². The molecule has 0 amide bonds. The third kappa shape index (κ3) is 5.58. The highest BCUT2D eigenvalue weighted by molar-refractivity contribution is 5.53. The highest BCUT2D eigenvalue weighted by Crippen LogP contribution is 2.29. The van der Waals surface area contributed by atoms with Crippen LogP contribution in [0, 0.1) is 5.92 Å². The summed E-state index contributed by atoms with van der Waals surface area (Å²) in [6, 6.07) is 16.4. The Morgan fingerprint density at radius 3 is 2.27 bits per heavy atom. The number of aliphatic hydroxyl groups is 2. The average Bonchev–Trinajstić information content (AvgIpc) is 2.67. The molecule has 0 fully saturated rings. The zero-order chi connectivity index (χ0) is 18.9. The van der Waals surface area contributed by atoms with Crippen LogP contribution in [0.3, 0.4) is 0 Å². The zero-order valence-electron chi connectivity index (χ0n) is 15.3. The van der Waals surface area contributed by atoms with Crippen LogP contribution in [0.2, 0.25) is 0 Å². The minimum Gasteiger partial charge on any atom is -0.508 e. The number of rotatable bonds is 9.